The lowest BCUT2D eigenvalue weighted by Gasteiger charge is -2.25. The molecular formula is C18H18F3NO5S2. The Hall–Kier alpha value is -2.11. The first-order valence-corrected chi connectivity index (χ1v) is 11.6. The van der Waals surface area contributed by atoms with Gasteiger partial charge in [0.2, 0.25) is 10.0 Å². The number of halogens is 3. The van der Waals surface area contributed by atoms with E-state index in [1.807, 2.05) is 0 Å². The maximum atomic E-state index is 13.0. The van der Waals surface area contributed by atoms with Crippen molar-refractivity contribution in [3.05, 3.63) is 54.1 Å². The first-order valence-electron chi connectivity index (χ1n) is 8.73. The molecule has 0 N–H and O–H groups in total. The van der Waals surface area contributed by atoms with Crippen molar-refractivity contribution in [1.82, 2.24) is 4.31 Å². The molecule has 0 aliphatic carbocycles. The first kappa shape index (κ1) is 21.6. The summed E-state index contributed by atoms with van der Waals surface area (Å²) in [7, 11) is -8.35. The molecule has 0 amide bonds. The van der Waals surface area contributed by atoms with E-state index in [2.05, 4.69) is 4.18 Å². The number of piperidine rings is 1. The van der Waals surface area contributed by atoms with Gasteiger partial charge in [0.25, 0.3) is 0 Å². The van der Waals surface area contributed by atoms with Crippen molar-refractivity contribution in [2.24, 2.45) is 0 Å². The van der Waals surface area contributed by atoms with Crippen molar-refractivity contribution >= 4 is 20.1 Å². The van der Waals surface area contributed by atoms with Gasteiger partial charge in [0, 0.05) is 13.1 Å². The molecule has 0 unspecified atom stereocenters. The van der Waals surface area contributed by atoms with Gasteiger partial charge >= 0.3 is 16.3 Å². The van der Waals surface area contributed by atoms with Crippen LogP contribution in [0.15, 0.2) is 58.3 Å². The second-order valence-corrected chi connectivity index (χ2v) is 9.95. The largest absolute Gasteiger partial charge is 0.420 e. The van der Waals surface area contributed by atoms with Crippen LogP contribution in [-0.4, -0.2) is 34.2 Å². The smallest absolute Gasteiger partial charge is 0.378 e. The monoisotopic (exact) mass is 449 g/mol. The van der Waals surface area contributed by atoms with Crippen LogP contribution in [0.5, 0.6) is 5.75 Å². The molecule has 3 rings (SSSR count). The van der Waals surface area contributed by atoms with Crippen molar-refractivity contribution in [2.45, 2.75) is 35.2 Å². The second kappa shape index (κ2) is 7.96. The number of sulfonamides is 1. The van der Waals surface area contributed by atoms with Crippen LogP contribution in [0.2, 0.25) is 0 Å². The summed E-state index contributed by atoms with van der Waals surface area (Å²) >= 11 is 0. The van der Waals surface area contributed by atoms with Gasteiger partial charge in [-0.05, 0) is 49.2 Å². The number of para-hydroxylation sites is 1. The molecule has 6 nitrogen and oxygen atoms in total. The highest BCUT2D eigenvalue weighted by Crippen LogP contribution is 2.37. The summed E-state index contributed by atoms with van der Waals surface area (Å²) in [4.78, 5) is -0.541. The molecule has 0 atom stereocenters. The van der Waals surface area contributed by atoms with E-state index in [1.54, 1.807) is 0 Å². The molecule has 2 aromatic carbocycles. The molecule has 0 aromatic heterocycles. The zero-order chi connectivity index (χ0) is 21.3. The first-order chi connectivity index (χ1) is 13.5. The number of benzene rings is 2. The average Bonchev–Trinajstić information content (AvgIpc) is 2.68. The summed E-state index contributed by atoms with van der Waals surface area (Å²) in [5.74, 6) is -0.856. The van der Waals surface area contributed by atoms with Crippen LogP contribution in [0, 0.1) is 0 Å². The Kier molecular flexibility index (Phi) is 5.93. The SMILES string of the molecule is O=S(=O)(Oc1ccccc1C(F)(F)F)c1ccc(S(=O)(=O)N2CCCCC2)cc1. The van der Waals surface area contributed by atoms with Crippen LogP contribution in [0.4, 0.5) is 13.2 Å². The van der Waals surface area contributed by atoms with E-state index in [9.17, 15) is 30.0 Å². The van der Waals surface area contributed by atoms with E-state index in [4.69, 9.17) is 0 Å². The zero-order valence-electron chi connectivity index (χ0n) is 15.1. The van der Waals surface area contributed by atoms with Gasteiger partial charge in [-0.15, -0.1) is 0 Å². The fourth-order valence-electron chi connectivity index (χ4n) is 2.97. The lowest BCUT2D eigenvalue weighted by molar-refractivity contribution is -0.138. The van der Waals surface area contributed by atoms with E-state index >= 15 is 0 Å². The minimum absolute atomic E-state index is 0.0889. The number of nitrogens with zero attached hydrogens (tertiary/aromatic N) is 1. The van der Waals surface area contributed by atoms with Crippen molar-refractivity contribution in [3.63, 3.8) is 0 Å². The predicted molar refractivity (Wildman–Crippen MR) is 98.3 cm³/mol. The summed E-state index contributed by atoms with van der Waals surface area (Å²) < 4.78 is 95.1. The predicted octanol–water partition coefficient (Wildman–Crippen LogP) is 3.65. The van der Waals surface area contributed by atoms with Gasteiger partial charge in [0.05, 0.1) is 10.5 Å². The number of alkyl halides is 3. The molecule has 2 aromatic rings. The molecule has 1 aliphatic rings. The molecule has 1 fully saturated rings. The van der Waals surface area contributed by atoms with Gasteiger partial charge in [0.15, 0.2) is 5.75 Å². The van der Waals surface area contributed by atoms with Crippen LogP contribution in [0.25, 0.3) is 0 Å². The normalized spacial score (nSPS) is 16.5. The van der Waals surface area contributed by atoms with Gasteiger partial charge in [-0.1, -0.05) is 18.6 Å². The molecule has 0 spiro atoms. The Balaban J connectivity index is 1.86. The molecule has 29 heavy (non-hydrogen) atoms. The number of hydrogen-bond acceptors (Lipinski definition) is 5. The Morgan fingerprint density at radius 3 is 1.93 bits per heavy atom. The molecule has 0 radical (unpaired) electrons. The minimum atomic E-state index is -4.79. The quantitative estimate of drug-likeness (QED) is 0.651. The van der Waals surface area contributed by atoms with E-state index in [0.29, 0.717) is 19.2 Å². The fraction of sp³-hybridized carbons (Fsp3) is 0.333. The highest BCUT2D eigenvalue weighted by molar-refractivity contribution is 7.89. The van der Waals surface area contributed by atoms with Crippen molar-refractivity contribution in [2.75, 3.05) is 13.1 Å². The summed E-state index contributed by atoms with van der Waals surface area (Å²) in [5.41, 5.74) is -1.23. The molecule has 11 heteroatoms. The summed E-state index contributed by atoms with van der Waals surface area (Å²) in [5, 5.41) is 0. The Labute approximate surface area is 167 Å². The Morgan fingerprint density at radius 1 is 0.793 bits per heavy atom. The molecule has 0 saturated carbocycles. The van der Waals surface area contributed by atoms with Crippen LogP contribution >= 0.6 is 0 Å². The standard InChI is InChI=1S/C18H18F3NO5S2/c19-18(20,21)16-6-2-3-7-17(16)27-29(25,26)15-10-8-14(9-11-15)28(23,24)22-12-4-1-5-13-22/h2-3,6-11H,1,4-5,12-13H2. The van der Waals surface area contributed by atoms with Crippen LogP contribution < -0.4 is 4.18 Å². The van der Waals surface area contributed by atoms with Crippen molar-refractivity contribution in [3.8, 4) is 5.75 Å². The van der Waals surface area contributed by atoms with Crippen molar-refractivity contribution in [1.29, 1.82) is 0 Å². The molecular weight excluding hydrogens is 431 g/mol. The number of rotatable bonds is 5. The lowest BCUT2D eigenvalue weighted by Crippen LogP contribution is -2.35. The average molecular weight is 449 g/mol. The van der Waals surface area contributed by atoms with Gasteiger partial charge in [-0.3, -0.25) is 0 Å². The van der Waals surface area contributed by atoms with Gasteiger partial charge in [-0.2, -0.15) is 25.9 Å². The summed E-state index contributed by atoms with van der Waals surface area (Å²) in [6, 6.07) is 8.15. The Bertz CT molecular complexity index is 1080. The molecule has 1 aliphatic heterocycles. The zero-order valence-corrected chi connectivity index (χ0v) is 16.7. The highest BCUT2D eigenvalue weighted by atomic mass is 32.2. The van der Waals surface area contributed by atoms with Gasteiger partial charge in [-0.25, -0.2) is 8.42 Å². The van der Waals surface area contributed by atoms with E-state index in [0.717, 1.165) is 55.7 Å². The third kappa shape index (κ3) is 4.73. The van der Waals surface area contributed by atoms with E-state index in [-0.39, 0.29) is 4.90 Å². The van der Waals surface area contributed by atoms with Crippen molar-refractivity contribution < 1.29 is 34.2 Å². The third-order valence-electron chi connectivity index (χ3n) is 4.46. The molecule has 1 saturated heterocycles. The second-order valence-electron chi connectivity index (χ2n) is 6.47. The van der Waals surface area contributed by atoms with E-state index in [1.165, 1.54) is 10.4 Å². The van der Waals surface area contributed by atoms with Gasteiger partial charge in [0.1, 0.15) is 4.90 Å². The van der Waals surface area contributed by atoms with Crippen LogP contribution in [-0.2, 0) is 26.3 Å². The maximum Gasteiger partial charge on any atom is 0.420 e. The molecule has 0 bridgehead atoms. The lowest BCUT2D eigenvalue weighted by atomic mass is 10.2. The van der Waals surface area contributed by atoms with Gasteiger partial charge < -0.3 is 4.18 Å². The highest BCUT2D eigenvalue weighted by Gasteiger charge is 2.35. The van der Waals surface area contributed by atoms with Crippen LogP contribution in [0.3, 0.4) is 0 Å². The number of hydrogen-bond donors (Lipinski definition) is 0. The fourth-order valence-corrected chi connectivity index (χ4v) is 5.44. The Morgan fingerprint density at radius 2 is 1.34 bits per heavy atom. The summed E-state index contributed by atoms with van der Waals surface area (Å²) in [6.07, 6.45) is -2.35. The molecule has 158 valence electrons. The maximum absolute atomic E-state index is 13.0. The minimum Gasteiger partial charge on any atom is -0.378 e. The topological polar surface area (TPSA) is 80.8 Å². The third-order valence-corrected chi connectivity index (χ3v) is 7.62. The molecule has 1 heterocycles. The van der Waals surface area contributed by atoms with E-state index < -0.39 is 42.5 Å². The van der Waals surface area contributed by atoms with Crippen LogP contribution in [0.1, 0.15) is 24.8 Å². The summed E-state index contributed by atoms with van der Waals surface area (Å²) in [6.45, 7) is 0.777.